The normalized spacial score (nSPS) is 10.3. The number of anilines is 3. The van der Waals surface area contributed by atoms with E-state index in [9.17, 15) is 4.79 Å². The summed E-state index contributed by atoms with van der Waals surface area (Å²) in [5.74, 6) is 0.161. The first-order chi connectivity index (χ1) is 8.65. The van der Waals surface area contributed by atoms with Crippen molar-refractivity contribution in [3.63, 3.8) is 0 Å². The molecule has 6 N–H and O–H groups in total. The number of nitrogen functional groups attached to an aromatic ring is 2. The Morgan fingerprint density at radius 2 is 2.00 bits per heavy atom. The second-order valence-electron chi connectivity index (χ2n) is 3.62. The number of hydroxylamine groups is 1. The molecular formula is C10H18N6O2. The van der Waals surface area contributed by atoms with Gasteiger partial charge in [-0.2, -0.15) is 0 Å². The van der Waals surface area contributed by atoms with Crippen LogP contribution in [0.1, 0.15) is 19.3 Å². The van der Waals surface area contributed by atoms with E-state index < -0.39 is 0 Å². The zero-order chi connectivity index (χ0) is 13.4. The fraction of sp³-hybridized carbons (Fsp3) is 0.500. The minimum Gasteiger partial charge on any atom is -0.382 e. The summed E-state index contributed by atoms with van der Waals surface area (Å²) in [6.07, 6.45) is 3.18. The van der Waals surface area contributed by atoms with Crippen LogP contribution in [0.15, 0.2) is 6.33 Å². The number of amides is 1. The minimum atomic E-state index is -0.166. The van der Waals surface area contributed by atoms with E-state index in [1.165, 1.54) is 6.33 Å². The molecule has 0 fully saturated rings. The van der Waals surface area contributed by atoms with Gasteiger partial charge in [0.2, 0.25) is 5.91 Å². The van der Waals surface area contributed by atoms with E-state index in [1.807, 2.05) is 0 Å². The zero-order valence-corrected chi connectivity index (χ0v) is 10.3. The molecule has 1 aromatic rings. The van der Waals surface area contributed by atoms with Crippen LogP contribution in [0.2, 0.25) is 0 Å². The standard InChI is InChI=1S/C10H18N6O2/c1-18-15-5-3-2-4-7(17)16-8-9(11)13-6-14-10(8)12/h6,15H,2-5H2,1H3,(H,16,17)(H4,11,12,13,14). The number of hydrogen-bond acceptors (Lipinski definition) is 7. The van der Waals surface area contributed by atoms with Crippen molar-refractivity contribution in [3.05, 3.63) is 6.33 Å². The van der Waals surface area contributed by atoms with Gasteiger partial charge < -0.3 is 21.6 Å². The van der Waals surface area contributed by atoms with Crippen LogP contribution >= 0.6 is 0 Å². The van der Waals surface area contributed by atoms with Gasteiger partial charge in [-0.25, -0.2) is 15.4 Å². The third kappa shape index (κ3) is 4.52. The summed E-state index contributed by atoms with van der Waals surface area (Å²) < 4.78 is 0. The summed E-state index contributed by atoms with van der Waals surface area (Å²) in [7, 11) is 1.55. The van der Waals surface area contributed by atoms with Crippen molar-refractivity contribution < 1.29 is 9.63 Å². The van der Waals surface area contributed by atoms with Crippen molar-refractivity contribution in [2.45, 2.75) is 19.3 Å². The van der Waals surface area contributed by atoms with E-state index in [-0.39, 0.29) is 23.2 Å². The van der Waals surface area contributed by atoms with Crippen LogP contribution in [0.3, 0.4) is 0 Å². The van der Waals surface area contributed by atoms with Gasteiger partial charge in [0.05, 0.1) is 7.11 Å². The van der Waals surface area contributed by atoms with E-state index >= 15 is 0 Å². The molecule has 0 atom stereocenters. The molecule has 0 saturated heterocycles. The lowest BCUT2D eigenvalue weighted by Gasteiger charge is -2.08. The summed E-state index contributed by atoms with van der Waals surface area (Å²) in [6, 6.07) is 0. The smallest absolute Gasteiger partial charge is 0.224 e. The monoisotopic (exact) mass is 254 g/mol. The SMILES string of the molecule is CONCCCCC(=O)Nc1c(N)ncnc1N. The second kappa shape index (κ2) is 7.41. The number of nitrogens with one attached hydrogen (secondary N) is 2. The van der Waals surface area contributed by atoms with Crippen LogP contribution < -0.4 is 22.3 Å². The number of rotatable bonds is 7. The maximum atomic E-state index is 11.6. The number of carbonyl (C=O) groups excluding carboxylic acids is 1. The van der Waals surface area contributed by atoms with Crippen LogP contribution in [-0.4, -0.2) is 29.5 Å². The number of carbonyl (C=O) groups is 1. The first kappa shape index (κ1) is 14.1. The number of nitrogens with zero attached hydrogens (tertiary/aromatic N) is 2. The zero-order valence-electron chi connectivity index (χ0n) is 10.3. The molecule has 0 radical (unpaired) electrons. The Bertz CT molecular complexity index is 378. The molecule has 1 heterocycles. The highest BCUT2D eigenvalue weighted by Gasteiger charge is 2.09. The highest BCUT2D eigenvalue weighted by atomic mass is 16.6. The van der Waals surface area contributed by atoms with Gasteiger partial charge in [0, 0.05) is 13.0 Å². The molecule has 1 rings (SSSR count). The number of nitrogens with two attached hydrogens (primary N) is 2. The Morgan fingerprint density at radius 3 is 2.61 bits per heavy atom. The summed E-state index contributed by atoms with van der Waals surface area (Å²) in [6.45, 7) is 0.697. The lowest BCUT2D eigenvalue weighted by atomic mass is 10.2. The molecule has 0 bridgehead atoms. The van der Waals surface area contributed by atoms with Gasteiger partial charge in [-0.05, 0) is 12.8 Å². The Kier molecular flexibility index (Phi) is 5.81. The highest BCUT2D eigenvalue weighted by molar-refractivity contribution is 5.96. The number of aromatic nitrogens is 2. The summed E-state index contributed by atoms with van der Waals surface area (Å²) >= 11 is 0. The first-order valence-corrected chi connectivity index (χ1v) is 5.56. The Balaban J connectivity index is 2.36. The summed E-state index contributed by atoms with van der Waals surface area (Å²) in [4.78, 5) is 23.8. The molecule has 0 aliphatic rings. The van der Waals surface area contributed by atoms with Crippen LogP contribution in [0.5, 0.6) is 0 Å². The van der Waals surface area contributed by atoms with Gasteiger partial charge >= 0.3 is 0 Å². The van der Waals surface area contributed by atoms with Crippen LogP contribution in [0.25, 0.3) is 0 Å². The van der Waals surface area contributed by atoms with Gasteiger partial charge in [-0.1, -0.05) is 0 Å². The van der Waals surface area contributed by atoms with E-state index in [0.29, 0.717) is 13.0 Å². The van der Waals surface area contributed by atoms with Crippen molar-refractivity contribution in [2.24, 2.45) is 0 Å². The Hall–Kier alpha value is -1.93. The third-order valence-corrected chi connectivity index (χ3v) is 2.25. The molecule has 0 spiro atoms. The average molecular weight is 254 g/mol. The third-order valence-electron chi connectivity index (χ3n) is 2.25. The first-order valence-electron chi connectivity index (χ1n) is 5.56. The van der Waals surface area contributed by atoms with Gasteiger partial charge in [-0.3, -0.25) is 4.79 Å². The highest BCUT2D eigenvalue weighted by Crippen LogP contribution is 2.20. The predicted octanol–water partition coefficient (Wildman–Crippen LogP) is -0.0992. The number of hydrogen-bond donors (Lipinski definition) is 4. The Morgan fingerprint density at radius 1 is 1.33 bits per heavy atom. The minimum absolute atomic E-state index is 0.164. The van der Waals surface area contributed by atoms with Crippen molar-refractivity contribution in [2.75, 3.05) is 30.4 Å². The van der Waals surface area contributed by atoms with Gasteiger partial charge in [0.15, 0.2) is 11.6 Å². The average Bonchev–Trinajstić information content (AvgIpc) is 2.34. The predicted molar refractivity (Wildman–Crippen MR) is 68.3 cm³/mol. The fourth-order valence-corrected chi connectivity index (χ4v) is 1.33. The van der Waals surface area contributed by atoms with Crippen molar-refractivity contribution in [1.82, 2.24) is 15.4 Å². The van der Waals surface area contributed by atoms with Crippen molar-refractivity contribution >= 4 is 23.2 Å². The topological polar surface area (TPSA) is 128 Å². The molecule has 0 unspecified atom stereocenters. The van der Waals surface area contributed by atoms with Crippen LogP contribution in [0.4, 0.5) is 17.3 Å². The molecule has 1 aromatic heterocycles. The maximum Gasteiger partial charge on any atom is 0.224 e. The molecule has 100 valence electrons. The molecule has 18 heavy (non-hydrogen) atoms. The molecule has 8 heteroatoms. The molecular weight excluding hydrogens is 236 g/mol. The Labute approximate surface area is 105 Å². The van der Waals surface area contributed by atoms with E-state index in [2.05, 4.69) is 25.6 Å². The molecule has 0 saturated carbocycles. The second-order valence-corrected chi connectivity index (χ2v) is 3.62. The maximum absolute atomic E-state index is 11.6. The van der Waals surface area contributed by atoms with E-state index in [4.69, 9.17) is 11.5 Å². The lowest BCUT2D eigenvalue weighted by molar-refractivity contribution is -0.116. The van der Waals surface area contributed by atoms with Gasteiger partial charge in [-0.15, -0.1) is 0 Å². The molecule has 8 nitrogen and oxygen atoms in total. The van der Waals surface area contributed by atoms with Gasteiger partial charge in [0.25, 0.3) is 0 Å². The van der Waals surface area contributed by atoms with Gasteiger partial charge in [0.1, 0.15) is 12.0 Å². The van der Waals surface area contributed by atoms with Crippen LogP contribution in [0, 0.1) is 0 Å². The van der Waals surface area contributed by atoms with E-state index in [1.54, 1.807) is 7.11 Å². The molecule has 0 aliphatic carbocycles. The molecule has 0 aromatic carbocycles. The molecule has 0 aliphatic heterocycles. The van der Waals surface area contributed by atoms with E-state index in [0.717, 1.165) is 12.8 Å². The van der Waals surface area contributed by atoms with Crippen molar-refractivity contribution in [1.29, 1.82) is 0 Å². The number of unbranched alkanes of at least 4 members (excludes halogenated alkanes) is 1. The fourth-order valence-electron chi connectivity index (χ4n) is 1.33. The summed E-state index contributed by atoms with van der Waals surface area (Å²) in [5, 5.41) is 2.60. The summed E-state index contributed by atoms with van der Waals surface area (Å²) in [5.41, 5.74) is 14.2. The van der Waals surface area contributed by atoms with Crippen LogP contribution in [-0.2, 0) is 9.63 Å². The van der Waals surface area contributed by atoms with Crippen molar-refractivity contribution in [3.8, 4) is 0 Å². The lowest BCUT2D eigenvalue weighted by Crippen LogP contribution is -2.17. The molecule has 1 amide bonds. The quantitative estimate of drug-likeness (QED) is 0.395. The largest absolute Gasteiger partial charge is 0.382 e.